The van der Waals surface area contributed by atoms with Crippen LogP contribution in [0.25, 0.3) is 31.3 Å². The fraction of sp³-hybridized carbons (Fsp3) is 0.100. The molecule has 0 nitrogen and oxygen atoms in total. The number of rotatable bonds is 1. The second kappa shape index (κ2) is 4.71. The lowest BCUT2D eigenvalue weighted by Crippen LogP contribution is -1.81. The Morgan fingerprint density at radius 2 is 1.33 bits per heavy atom. The maximum Gasteiger partial charge on any atom is 0.0355 e. The van der Waals surface area contributed by atoms with Crippen molar-refractivity contribution in [2.75, 3.05) is 0 Å². The molecular weight excluding hydrogens is 272 g/mol. The molecule has 0 saturated carbocycles. The fourth-order valence-corrected chi connectivity index (χ4v) is 3.91. The molecule has 0 spiro atoms. The van der Waals surface area contributed by atoms with Crippen LogP contribution in [-0.2, 0) is 0 Å². The second-order valence-corrected chi connectivity index (χ2v) is 6.73. The largest absolute Gasteiger partial charge is 0.135 e. The van der Waals surface area contributed by atoms with Crippen molar-refractivity contribution in [3.05, 3.63) is 71.8 Å². The van der Waals surface area contributed by atoms with Gasteiger partial charge in [0, 0.05) is 9.58 Å². The summed E-state index contributed by atoms with van der Waals surface area (Å²) in [5.74, 6) is 0. The summed E-state index contributed by atoms with van der Waals surface area (Å²) in [7, 11) is 0. The highest BCUT2D eigenvalue weighted by Gasteiger charge is 2.06. The van der Waals surface area contributed by atoms with E-state index in [9.17, 15) is 0 Å². The predicted octanol–water partition coefficient (Wildman–Crippen LogP) is 6.34. The molecule has 1 aromatic heterocycles. The number of fused-ring (bicyclic) bond motifs is 2. The normalized spacial score (nSPS) is 11.3. The van der Waals surface area contributed by atoms with Crippen molar-refractivity contribution in [2.45, 2.75) is 13.8 Å². The minimum atomic E-state index is 1.30. The zero-order chi connectivity index (χ0) is 14.4. The van der Waals surface area contributed by atoms with Crippen LogP contribution in [0.5, 0.6) is 0 Å². The molecule has 0 amide bonds. The maximum atomic E-state index is 2.33. The molecular formula is C20H16S. The van der Waals surface area contributed by atoms with Crippen LogP contribution >= 0.6 is 11.3 Å². The van der Waals surface area contributed by atoms with Crippen molar-refractivity contribution in [1.29, 1.82) is 0 Å². The minimum absolute atomic E-state index is 1.30. The van der Waals surface area contributed by atoms with Crippen LogP contribution in [-0.4, -0.2) is 0 Å². The molecule has 0 atom stereocenters. The Morgan fingerprint density at radius 1 is 0.667 bits per heavy atom. The third-order valence-corrected chi connectivity index (χ3v) is 5.29. The highest BCUT2D eigenvalue weighted by molar-refractivity contribution is 7.22. The quantitative estimate of drug-likeness (QED) is 0.383. The standard InChI is InChI=1S/C20H16S/c1-13-8-16-10-18-12-19(15-6-4-3-5-7-15)21-20(18)11-17(16)9-14(13)2/h3-12H,1-2H3. The lowest BCUT2D eigenvalue weighted by molar-refractivity contribution is 1.37. The first kappa shape index (κ1) is 12.6. The summed E-state index contributed by atoms with van der Waals surface area (Å²) >= 11 is 1.88. The molecule has 0 aliphatic heterocycles. The Bertz CT molecular complexity index is 887. The van der Waals surface area contributed by atoms with Gasteiger partial charge in [0.15, 0.2) is 0 Å². The van der Waals surface area contributed by atoms with E-state index in [1.165, 1.54) is 42.4 Å². The smallest absolute Gasteiger partial charge is 0.0355 e. The van der Waals surface area contributed by atoms with E-state index in [1.54, 1.807) is 0 Å². The predicted molar refractivity (Wildman–Crippen MR) is 94.2 cm³/mol. The van der Waals surface area contributed by atoms with Crippen molar-refractivity contribution >= 4 is 32.2 Å². The van der Waals surface area contributed by atoms with Gasteiger partial charge in [-0.25, -0.2) is 0 Å². The molecule has 0 N–H and O–H groups in total. The van der Waals surface area contributed by atoms with Gasteiger partial charge in [0.25, 0.3) is 0 Å². The van der Waals surface area contributed by atoms with Gasteiger partial charge in [-0.15, -0.1) is 11.3 Å². The number of hydrogen-bond donors (Lipinski definition) is 0. The van der Waals surface area contributed by atoms with E-state index < -0.39 is 0 Å². The highest BCUT2D eigenvalue weighted by atomic mass is 32.1. The zero-order valence-electron chi connectivity index (χ0n) is 12.2. The van der Waals surface area contributed by atoms with Crippen LogP contribution in [0.4, 0.5) is 0 Å². The van der Waals surface area contributed by atoms with E-state index in [4.69, 9.17) is 0 Å². The van der Waals surface area contributed by atoms with Crippen LogP contribution < -0.4 is 0 Å². The number of benzene rings is 3. The summed E-state index contributed by atoms with van der Waals surface area (Å²) in [5, 5.41) is 4.02. The fourth-order valence-electron chi connectivity index (χ4n) is 2.81. The summed E-state index contributed by atoms with van der Waals surface area (Å²) in [5.41, 5.74) is 4.03. The minimum Gasteiger partial charge on any atom is -0.135 e. The summed E-state index contributed by atoms with van der Waals surface area (Å²) in [4.78, 5) is 1.34. The van der Waals surface area contributed by atoms with Crippen molar-refractivity contribution in [3.63, 3.8) is 0 Å². The van der Waals surface area contributed by atoms with Crippen LogP contribution in [0.15, 0.2) is 60.7 Å². The monoisotopic (exact) mass is 288 g/mol. The Labute approximate surface area is 128 Å². The van der Waals surface area contributed by atoms with E-state index >= 15 is 0 Å². The first-order valence-electron chi connectivity index (χ1n) is 7.21. The summed E-state index contributed by atoms with van der Waals surface area (Å²) < 4.78 is 1.37. The highest BCUT2D eigenvalue weighted by Crippen LogP contribution is 2.36. The molecule has 1 heteroatoms. The van der Waals surface area contributed by atoms with Crippen molar-refractivity contribution in [2.24, 2.45) is 0 Å². The third-order valence-electron chi connectivity index (χ3n) is 4.15. The van der Waals surface area contributed by atoms with E-state index in [0.29, 0.717) is 0 Å². The van der Waals surface area contributed by atoms with Gasteiger partial charge in [-0.2, -0.15) is 0 Å². The molecule has 4 rings (SSSR count). The maximum absolute atomic E-state index is 2.33. The molecule has 0 unspecified atom stereocenters. The molecule has 0 saturated heterocycles. The molecule has 0 bridgehead atoms. The Hall–Kier alpha value is -2.12. The average Bonchev–Trinajstić information content (AvgIpc) is 2.90. The molecule has 21 heavy (non-hydrogen) atoms. The van der Waals surface area contributed by atoms with Gasteiger partial charge in [0.05, 0.1) is 0 Å². The first-order valence-corrected chi connectivity index (χ1v) is 8.02. The van der Waals surface area contributed by atoms with Crippen LogP contribution in [0.3, 0.4) is 0 Å². The Kier molecular flexibility index (Phi) is 2.83. The summed E-state index contributed by atoms with van der Waals surface area (Å²) in [6, 6.07) is 22.2. The number of hydrogen-bond acceptors (Lipinski definition) is 1. The molecule has 0 fully saturated rings. The van der Waals surface area contributed by atoms with Crippen molar-refractivity contribution in [3.8, 4) is 10.4 Å². The van der Waals surface area contributed by atoms with Crippen molar-refractivity contribution < 1.29 is 0 Å². The molecule has 0 aliphatic carbocycles. The molecule has 0 aliphatic rings. The first-order chi connectivity index (χ1) is 10.2. The molecule has 0 radical (unpaired) electrons. The number of thiophene rings is 1. The van der Waals surface area contributed by atoms with E-state index in [2.05, 4.69) is 74.5 Å². The second-order valence-electron chi connectivity index (χ2n) is 5.65. The zero-order valence-corrected chi connectivity index (χ0v) is 13.0. The molecule has 3 aromatic carbocycles. The van der Waals surface area contributed by atoms with Crippen LogP contribution in [0.1, 0.15) is 11.1 Å². The van der Waals surface area contributed by atoms with Crippen LogP contribution in [0.2, 0.25) is 0 Å². The van der Waals surface area contributed by atoms with Gasteiger partial charge >= 0.3 is 0 Å². The lowest BCUT2D eigenvalue weighted by atomic mass is 10.0. The summed E-state index contributed by atoms with van der Waals surface area (Å²) in [6.07, 6.45) is 0. The van der Waals surface area contributed by atoms with Gasteiger partial charge in [-0.1, -0.05) is 42.5 Å². The topological polar surface area (TPSA) is 0 Å². The molecule has 102 valence electrons. The van der Waals surface area contributed by atoms with Gasteiger partial charge < -0.3 is 0 Å². The van der Waals surface area contributed by atoms with Gasteiger partial charge in [-0.05, 0) is 64.9 Å². The SMILES string of the molecule is Cc1cc2cc3cc(-c4ccccc4)sc3cc2cc1C. The lowest BCUT2D eigenvalue weighted by Gasteiger charge is -2.04. The third kappa shape index (κ3) is 2.14. The molecule has 4 aromatic rings. The Balaban J connectivity index is 1.97. The van der Waals surface area contributed by atoms with Gasteiger partial charge in [-0.3, -0.25) is 0 Å². The van der Waals surface area contributed by atoms with Gasteiger partial charge in [0.1, 0.15) is 0 Å². The van der Waals surface area contributed by atoms with Crippen LogP contribution in [0, 0.1) is 13.8 Å². The molecule has 1 heterocycles. The number of aryl methyl sites for hydroxylation is 2. The van der Waals surface area contributed by atoms with E-state index in [0.717, 1.165) is 0 Å². The van der Waals surface area contributed by atoms with Gasteiger partial charge in [0.2, 0.25) is 0 Å². The Morgan fingerprint density at radius 3 is 2.05 bits per heavy atom. The van der Waals surface area contributed by atoms with E-state index in [1.807, 2.05) is 11.3 Å². The average molecular weight is 288 g/mol. The van der Waals surface area contributed by atoms with E-state index in [-0.39, 0.29) is 0 Å². The van der Waals surface area contributed by atoms with Crippen molar-refractivity contribution in [1.82, 2.24) is 0 Å². The summed E-state index contributed by atoms with van der Waals surface area (Å²) in [6.45, 7) is 4.37.